The molecule has 0 bridgehead atoms. The zero-order valence-electron chi connectivity index (χ0n) is 10.1. The molecule has 0 radical (unpaired) electrons. The summed E-state index contributed by atoms with van der Waals surface area (Å²) in [6, 6.07) is 8.58. The van der Waals surface area contributed by atoms with Gasteiger partial charge in [0.1, 0.15) is 6.04 Å². The second-order valence-corrected chi connectivity index (χ2v) is 4.42. The molecule has 0 amide bonds. The van der Waals surface area contributed by atoms with Gasteiger partial charge in [-0.1, -0.05) is 44.2 Å². The van der Waals surface area contributed by atoms with Crippen LogP contribution in [-0.2, 0) is 11.3 Å². The van der Waals surface area contributed by atoms with E-state index in [1.165, 1.54) is 0 Å². The van der Waals surface area contributed by atoms with Gasteiger partial charge in [0, 0.05) is 6.54 Å². The second kappa shape index (κ2) is 6.37. The normalized spacial score (nSPS) is 14.6. The zero-order valence-corrected chi connectivity index (χ0v) is 10.1. The molecule has 0 fully saturated rings. The van der Waals surface area contributed by atoms with Crippen LogP contribution in [0.5, 0.6) is 0 Å². The lowest BCUT2D eigenvalue weighted by molar-refractivity contribution is -0.143. The SMILES string of the molecule is CC(C)[C@@H](O)[C@H](NCc1ccccc1)C(=O)O. The number of aliphatic hydroxyl groups is 1. The van der Waals surface area contributed by atoms with Crippen molar-refractivity contribution < 1.29 is 15.0 Å². The van der Waals surface area contributed by atoms with E-state index in [4.69, 9.17) is 5.11 Å². The van der Waals surface area contributed by atoms with E-state index < -0.39 is 18.1 Å². The van der Waals surface area contributed by atoms with Crippen molar-refractivity contribution in [1.82, 2.24) is 5.32 Å². The van der Waals surface area contributed by atoms with Crippen molar-refractivity contribution in [2.24, 2.45) is 5.92 Å². The summed E-state index contributed by atoms with van der Waals surface area (Å²) in [5.41, 5.74) is 0.995. The Bertz CT molecular complexity index is 351. The highest BCUT2D eigenvalue weighted by atomic mass is 16.4. The van der Waals surface area contributed by atoms with Gasteiger partial charge < -0.3 is 10.2 Å². The van der Waals surface area contributed by atoms with Crippen LogP contribution >= 0.6 is 0 Å². The first-order chi connectivity index (χ1) is 8.02. The maximum absolute atomic E-state index is 11.0. The fourth-order valence-corrected chi connectivity index (χ4v) is 1.56. The van der Waals surface area contributed by atoms with Crippen molar-refractivity contribution in [3.05, 3.63) is 35.9 Å². The van der Waals surface area contributed by atoms with Gasteiger partial charge in [-0.3, -0.25) is 10.1 Å². The Morgan fingerprint density at radius 3 is 2.35 bits per heavy atom. The summed E-state index contributed by atoms with van der Waals surface area (Å²) in [5, 5.41) is 21.7. The Kier molecular flexibility index (Phi) is 5.12. The topological polar surface area (TPSA) is 69.6 Å². The Morgan fingerprint density at radius 2 is 1.88 bits per heavy atom. The van der Waals surface area contributed by atoms with Crippen molar-refractivity contribution in [3.63, 3.8) is 0 Å². The molecular weight excluding hydrogens is 218 g/mol. The molecule has 1 aromatic carbocycles. The highest BCUT2D eigenvalue weighted by molar-refractivity contribution is 5.74. The molecule has 2 atom stereocenters. The Morgan fingerprint density at radius 1 is 1.29 bits per heavy atom. The molecule has 0 spiro atoms. The molecular formula is C13H19NO3. The molecule has 0 aromatic heterocycles. The molecule has 0 saturated carbocycles. The molecule has 1 aromatic rings. The molecule has 94 valence electrons. The first-order valence-corrected chi connectivity index (χ1v) is 5.70. The van der Waals surface area contributed by atoms with Gasteiger partial charge >= 0.3 is 5.97 Å². The molecule has 1 rings (SSSR count). The zero-order chi connectivity index (χ0) is 12.8. The Hall–Kier alpha value is -1.39. The van der Waals surface area contributed by atoms with Gasteiger partial charge in [-0.05, 0) is 11.5 Å². The number of carbonyl (C=O) groups is 1. The second-order valence-electron chi connectivity index (χ2n) is 4.42. The maximum Gasteiger partial charge on any atom is 0.323 e. The minimum absolute atomic E-state index is 0.0978. The quantitative estimate of drug-likeness (QED) is 0.696. The van der Waals surface area contributed by atoms with Gasteiger partial charge in [0.2, 0.25) is 0 Å². The summed E-state index contributed by atoms with van der Waals surface area (Å²) in [5.74, 6) is -1.12. The van der Waals surface area contributed by atoms with E-state index in [9.17, 15) is 9.90 Å². The van der Waals surface area contributed by atoms with E-state index in [2.05, 4.69) is 5.32 Å². The van der Waals surface area contributed by atoms with E-state index >= 15 is 0 Å². The third-order valence-corrected chi connectivity index (χ3v) is 2.66. The average molecular weight is 237 g/mol. The Balaban J connectivity index is 2.60. The number of carboxylic acid groups (broad SMARTS) is 1. The molecule has 3 N–H and O–H groups in total. The molecule has 0 aliphatic rings. The molecule has 0 heterocycles. The number of aliphatic hydroxyl groups excluding tert-OH is 1. The van der Waals surface area contributed by atoms with Crippen LogP contribution in [0.25, 0.3) is 0 Å². The number of hydrogen-bond acceptors (Lipinski definition) is 3. The van der Waals surface area contributed by atoms with E-state index in [0.717, 1.165) is 5.56 Å². The van der Waals surface area contributed by atoms with Gasteiger partial charge in [-0.15, -0.1) is 0 Å². The van der Waals surface area contributed by atoms with E-state index in [0.29, 0.717) is 6.54 Å². The smallest absolute Gasteiger partial charge is 0.323 e. The van der Waals surface area contributed by atoms with Crippen molar-refractivity contribution in [1.29, 1.82) is 0 Å². The third kappa shape index (κ3) is 4.17. The van der Waals surface area contributed by atoms with Crippen molar-refractivity contribution in [2.45, 2.75) is 32.5 Å². The minimum atomic E-state index is -1.03. The largest absolute Gasteiger partial charge is 0.480 e. The highest BCUT2D eigenvalue weighted by Gasteiger charge is 2.28. The lowest BCUT2D eigenvalue weighted by Gasteiger charge is -2.23. The van der Waals surface area contributed by atoms with Crippen LogP contribution in [0, 0.1) is 5.92 Å². The van der Waals surface area contributed by atoms with Crippen LogP contribution in [0.4, 0.5) is 0 Å². The lowest BCUT2D eigenvalue weighted by atomic mass is 9.99. The van der Waals surface area contributed by atoms with Gasteiger partial charge in [0.05, 0.1) is 6.10 Å². The van der Waals surface area contributed by atoms with Crippen LogP contribution < -0.4 is 5.32 Å². The van der Waals surface area contributed by atoms with Crippen LogP contribution in [0.3, 0.4) is 0 Å². The standard InChI is InChI=1S/C13H19NO3/c1-9(2)12(15)11(13(16)17)14-8-10-6-4-3-5-7-10/h3-7,9,11-12,14-15H,8H2,1-2H3,(H,16,17)/t11-,12+/m0/s1. The van der Waals surface area contributed by atoms with Crippen molar-refractivity contribution in [2.75, 3.05) is 0 Å². The lowest BCUT2D eigenvalue weighted by Crippen LogP contribution is -2.47. The van der Waals surface area contributed by atoms with Gasteiger partial charge in [0.15, 0.2) is 0 Å². The molecule has 0 aliphatic carbocycles. The first kappa shape index (κ1) is 13.7. The predicted octanol–water partition coefficient (Wildman–Crippen LogP) is 1.25. The number of benzene rings is 1. The van der Waals surface area contributed by atoms with E-state index in [-0.39, 0.29) is 5.92 Å². The molecule has 0 saturated heterocycles. The fourth-order valence-electron chi connectivity index (χ4n) is 1.56. The molecule has 17 heavy (non-hydrogen) atoms. The number of aliphatic carboxylic acids is 1. The van der Waals surface area contributed by atoms with E-state index in [1.54, 1.807) is 13.8 Å². The minimum Gasteiger partial charge on any atom is -0.480 e. The monoisotopic (exact) mass is 237 g/mol. The summed E-state index contributed by atoms with van der Waals surface area (Å²) in [6.07, 6.45) is -0.892. The molecule has 0 unspecified atom stereocenters. The van der Waals surface area contributed by atoms with Crippen molar-refractivity contribution >= 4 is 5.97 Å². The molecule has 4 nitrogen and oxygen atoms in total. The summed E-state index contributed by atoms with van der Waals surface area (Å²) in [4.78, 5) is 11.0. The predicted molar refractivity (Wildman–Crippen MR) is 65.6 cm³/mol. The van der Waals surface area contributed by atoms with Gasteiger partial charge in [-0.25, -0.2) is 0 Å². The summed E-state index contributed by atoms with van der Waals surface area (Å²) < 4.78 is 0. The number of nitrogens with one attached hydrogen (secondary N) is 1. The van der Waals surface area contributed by atoms with E-state index in [1.807, 2.05) is 30.3 Å². The molecule has 4 heteroatoms. The number of hydrogen-bond donors (Lipinski definition) is 3. The van der Waals surface area contributed by atoms with Crippen molar-refractivity contribution in [3.8, 4) is 0 Å². The van der Waals surface area contributed by atoms with Gasteiger partial charge in [0.25, 0.3) is 0 Å². The summed E-state index contributed by atoms with van der Waals surface area (Å²) in [6.45, 7) is 4.02. The molecule has 0 aliphatic heterocycles. The van der Waals surface area contributed by atoms with Crippen LogP contribution in [-0.4, -0.2) is 28.3 Å². The van der Waals surface area contributed by atoms with Crippen LogP contribution in [0.15, 0.2) is 30.3 Å². The van der Waals surface area contributed by atoms with Gasteiger partial charge in [-0.2, -0.15) is 0 Å². The number of carboxylic acids is 1. The average Bonchev–Trinajstić information content (AvgIpc) is 2.29. The highest BCUT2D eigenvalue weighted by Crippen LogP contribution is 2.08. The summed E-state index contributed by atoms with van der Waals surface area (Å²) in [7, 11) is 0. The Labute approximate surface area is 101 Å². The summed E-state index contributed by atoms with van der Waals surface area (Å²) >= 11 is 0. The third-order valence-electron chi connectivity index (χ3n) is 2.66. The number of rotatable bonds is 6. The fraction of sp³-hybridized carbons (Fsp3) is 0.462. The maximum atomic E-state index is 11.0. The first-order valence-electron chi connectivity index (χ1n) is 5.70. The van der Waals surface area contributed by atoms with Crippen LogP contribution in [0.1, 0.15) is 19.4 Å². The van der Waals surface area contributed by atoms with Crippen LogP contribution in [0.2, 0.25) is 0 Å².